The fourth-order valence-corrected chi connectivity index (χ4v) is 2.66. The van der Waals surface area contributed by atoms with Crippen molar-refractivity contribution in [2.75, 3.05) is 39.0 Å². The number of hydrogen-bond donors (Lipinski definition) is 3. The first-order valence-electron chi connectivity index (χ1n) is 9.81. The molecule has 0 saturated heterocycles. The minimum atomic E-state index is -4.47. The molecule has 2 aromatic rings. The Balaban J connectivity index is 0.00000512. The second kappa shape index (κ2) is 13.1. The predicted octanol–water partition coefficient (Wildman–Crippen LogP) is 3.59. The largest absolute Gasteiger partial charge is 0.419 e. The highest BCUT2D eigenvalue weighted by Gasteiger charge is 2.33. The number of pyridine rings is 1. The lowest BCUT2D eigenvalue weighted by Crippen LogP contribution is -2.39. The molecule has 0 aliphatic heterocycles. The zero-order valence-corrected chi connectivity index (χ0v) is 20.5. The van der Waals surface area contributed by atoms with Gasteiger partial charge in [0, 0.05) is 45.5 Å². The fraction of sp³-hybridized carbons (Fsp3) is 0.381. The monoisotopic (exact) mass is 564 g/mol. The molecule has 1 amide bonds. The quantitative estimate of drug-likeness (QED) is 0.198. The number of benzene rings is 1. The van der Waals surface area contributed by atoms with E-state index in [1.807, 2.05) is 19.1 Å². The van der Waals surface area contributed by atoms with Crippen molar-refractivity contribution < 1.29 is 18.0 Å². The molecule has 2 rings (SSSR count). The number of nitrogens with one attached hydrogen (secondary N) is 3. The molecule has 3 N–H and O–H groups in total. The number of carbonyl (C=O) groups excluding carboxylic acids is 1. The fourth-order valence-electron chi connectivity index (χ4n) is 2.66. The smallest absolute Gasteiger partial charge is 0.368 e. The summed E-state index contributed by atoms with van der Waals surface area (Å²) >= 11 is 0. The number of rotatable bonds is 8. The summed E-state index contributed by atoms with van der Waals surface area (Å²) < 4.78 is 39.0. The highest BCUT2D eigenvalue weighted by molar-refractivity contribution is 14.0. The molecular formula is C21H28F3IN6O. The molecule has 0 fully saturated rings. The molecule has 0 saturated carbocycles. The van der Waals surface area contributed by atoms with E-state index < -0.39 is 11.7 Å². The van der Waals surface area contributed by atoms with Crippen LogP contribution in [0.5, 0.6) is 0 Å². The van der Waals surface area contributed by atoms with Crippen molar-refractivity contribution in [3.05, 3.63) is 59.3 Å². The Kier molecular flexibility index (Phi) is 11.2. The van der Waals surface area contributed by atoms with Gasteiger partial charge < -0.3 is 20.9 Å². The molecule has 0 radical (unpaired) electrons. The van der Waals surface area contributed by atoms with Crippen LogP contribution in [0.4, 0.5) is 19.0 Å². The van der Waals surface area contributed by atoms with Crippen molar-refractivity contribution in [2.24, 2.45) is 4.99 Å². The van der Waals surface area contributed by atoms with Crippen molar-refractivity contribution in [2.45, 2.75) is 19.6 Å². The van der Waals surface area contributed by atoms with Gasteiger partial charge in [-0.1, -0.05) is 12.1 Å². The van der Waals surface area contributed by atoms with Crippen molar-refractivity contribution >= 4 is 41.7 Å². The van der Waals surface area contributed by atoms with Crippen LogP contribution in [0.2, 0.25) is 0 Å². The maximum absolute atomic E-state index is 13.0. The summed E-state index contributed by atoms with van der Waals surface area (Å²) in [6, 6.07) is 9.43. The van der Waals surface area contributed by atoms with Gasteiger partial charge in [0.05, 0.1) is 12.1 Å². The number of hydrogen-bond acceptors (Lipinski definition) is 4. The van der Waals surface area contributed by atoms with Crippen LogP contribution >= 0.6 is 24.0 Å². The lowest BCUT2D eigenvalue weighted by Gasteiger charge is -2.15. The highest BCUT2D eigenvalue weighted by Crippen LogP contribution is 2.33. The molecule has 0 atom stereocenters. The van der Waals surface area contributed by atoms with Crippen LogP contribution in [-0.2, 0) is 12.7 Å². The van der Waals surface area contributed by atoms with Crippen LogP contribution in [0.15, 0.2) is 47.6 Å². The molecule has 176 valence electrons. The maximum atomic E-state index is 13.0. The van der Waals surface area contributed by atoms with Gasteiger partial charge in [-0.05, 0) is 36.8 Å². The number of amides is 1. The number of anilines is 1. The first-order valence-corrected chi connectivity index (χ1v) is 9.81. The number of alkyl halides is 3. The first kappa shape index (κ1) is 27.5. The number of aliphatic imine (C=N–C) groups is 1. The van der Waals surface area contributed by atoms with E-state index in [1.165, 1.54) is 17.2 Å². The minimum absolute atomic E-state index is 0. The Morgan fingerprint density at radius 2 is 1.78 bits per heavy atom. The van der Waals surface area contributed by atoms with Crippen molar-refractivity contribution in [3.8, 4) is 0 Å². The zero-order chi connectivity index (χ0) is 22.9. The van der Waals surface area contributed by atoms with Crippen LogP contribution in [0, 0.1) is 0 Å². The standard InChI is InChI=1S/C21H27F3N6O.HI/c1-4-25-20(29-14-15-7-9-16(10-8-15)19(31)30(2)3)28-13-12-27-18-17(21(22,23)24)6-5-11-26-18;/h5-11H,4,12-14H2,1-3H3,(H,26,27)(H2,25,28,29);1H. The average Bonchev–Trinajstić information content (AvgIpc) is 2.74. The van der Waals surface area contributed by atoms with E-state index >= 15 is 0 Å². The summed E-state index contributed by atoms with van der Waals surface area (Å²) in [4.78, 5) is 21.7. The van der Waals surface area contributed by atoms with Gasteiger partial charge in [-0.25, -0.2) is 9.98 Å². The van der Waals surface area contributed by atoms with E-state index in [-0.39, 0.29) is 42.2 Å². The van der Waals surface area contributed by atoms with Crippen LogP contribution < -0.4 is 16.0 Å². The lowest BCUT2D eigenvalue weighted by molar-refractivity contribution is -0.137. The molecule has 0 aliphatic rings. The molecule has 7 nitrogen and oxygen atoms in total. The third kappa shape index (κ3) is 8.52. The average molecular weight is 564 g/mol. The van der Waals surface area contributed by atoms with E-state index in [0.717, 1.165) is 11.6 Å². The molecule has 11 heteroatoms. The molecule has 1 aromatic heterocycles. The van der Waals surface area contributed by atoms with Crippen molar-refractivity contribution in [3.63, 3.8) is 0 Å². The van der Waals surface area contributed by atoms with Crippen molar-refractivity contribution in [1.29, 1.82) is 0 Å². The number of nitrogens with zero attached hydrogens (tertiary/aromatic N) is 3. The number of guanidine groups is 1. The minimum Gasteiger partial charge on any atom is -0.368 e. The molecular weight excluding hydrogens is 536 g/mol. The Hall–Kier alpha value is -2.57. The number of aromatic nitrogens is 1. The van der Waals surface area contributed by atoms with E-state index in [1.54, 1.807) is 26.2 Å². The van der Waals surface area contributed by atoms with Crippen molar-refractivity contribution in [1.82, 2.24) is 20.5 Å². The maximum Gasteiger partial charge on any atom is 0.419 e. The van der Waals surface area contributed by atoms with E-state index in [0.29, 0.717) is 31.2 Å². The predicted molar refractivity (Wildman–Crippen MR) is 130 cm³/mol. The molecule has 0 unspecified atom stereocenters. The summed E-state index contributed by atoms with van der Waals surface area (Å²) in [6.45, 7) is 3.51. The normalized spacial score (nSPS) is 11.4. The Morgan fingerprint density at radius 1 is 1.09 bits per heavy atom. The molecule has 1 aromatic carbocycles. The van der Waals surface area contributed by atoms with Crippen LogP contribution in [0.3, 0.4) is 0 Å². The SMILES string of the molecule is CCNC(=NCc1ccc(C(=O)N(C)C)cc1)NCCNc1ncccc1C(F)(F)F.I. The van der Waals surface area contributed by atoms with Gasteiger partial charge in [-0.15, -0.1) is 24.0 Å². The van der Waals surface area contributed by atoms with Crippen LogP contribution in [0.1, 0.15) is 28.4 Å². The van der Waals surface area contributed by atoms with E-state index in [2.05, 4.69) is 25.9 Å². The van der Waals surface area contributed by atoms with Gasteiger partial charge in [0.15, 0.2) is 5.96 Å². The van der Waals surface area contributed by atoms with Gasteiger partial charge in [0.1, 0.15) is 5.82 Å². The second-order valence-corrected chi connectivity index (χ2v) is 6.84. The summed E-state index contributed by atoms with van der Waals surface area (Å²) in [5.74, 6) is 0.264. The lowest BCUT2D eigenvalue weighted by atomic mass is 10.1. The molecule has 1 heterocycles. The van der Waals surface area contributed by atoms with Gasteiger partial charge >= 0.3 is 6.18 Å². The number of halogens is 4. The van der Waals surface area contributed by atoms with E-state index in [9.17, 15) is 18.0 Å². The van der Waals surface area contributed by atoms with Gasteiger partial charge in [-0.3, -0.25) is 4.79 Å². The molecule has 0 aliphatic carbocycles. The van der Waals surface area contributed by atoms with Crippen LogP contribution in [-0.4, -0.2) is 55.5 Å². The Morgan fingerprint density at radius 3 is 2.38 bits per heavy atom. The third-order valence-corrected chi connectivity index (χ3v) is 4.19. The highest BCUT2D eigenvalue weighted by atomic mass is 127. The Bertz CT molecular complexity index is 888. The summed E-state index contributed by atoms with van der Waals surface area (Å²) in [7, 11) is 3.39. The topological polar surface area (TPSA) is 81.7 Å². The summed E-state index contributed by atoms with van der Waals surface area (Å²) in [6.07, 6.45) is -3.15. The van der Waals surface area contributed by atoms with Gasteiger partial charge in [0.25, 0.3) is 5.91 Å². The van der Waals surface area contributed by atoms with E-state index in [4.69, 9.17) is 0 Å². The second-order valence-electron chi connectivity index (χ2n) is 6.84. The molecule has 0 bridgehead atoms. The van der Waals surface area contributed by atoms with Gasteiger partial charge in [0.2, 0.25) is 0 Å². The first-order chi connectivity index (χ1) is 14.7. The number of carbonyl (C=O) groups is 1. The van der Waals surface area contributed by atoms with Crippen LogP contribution in [0.25, 0.3) is 0 Å². The zero-order valence-electron chi connectivity index (χ0n) is 18.2. The summed E-state index contributed by atoms with van der Waals surface area (Å²) in [5.41, 5.74) is 0.724. The van der Waals surface area contributed by atoms with Gasteiger partial charge in [-0.2, -0.15) is 13.2 Å². The molecule has 32 heavy (non-hydrogen) atoms. The summed E-state index contributed by atoms with van der Waals surface area (Å²) in [5, 5.41) is 8.86. The third-order valence-electron chi connectivity index (χ3n) is 4.19. The Labute approximate surface area is 202 Å². The molecule has 0 spiro atoms.